The number of aryl methyl sites for hydroxylation is 2. The Morgan fingerprint density at radius 2 is 2.30 bits per heavy atom. The van der Waals surface area contributed by atoms with Crippen LogP contribution < -0.4 is 11.1 Å². The molecule has 1 aromatic carbocycles. The molecule has 3 N–H and O–H groups in total. The summed E-state index contributed by atoms with van der Waals surface area (Å²) in [5, 5.41) is 14.8. The highest BCUT2D eigenvalue weighted by Gasteiger charge is 2.26. The van der Waals surface area contributed by atoms with E-state index in [0.29, 0.717) is 0 Å². The molecule has 7 nitrogen and oxygen atoms in total. The molecule has 1 atom stereocenters. The number of thiazole rings is 1. The van der Waals surface area contributed by atoms with Gasteiger partial charge in [0.05, 0.1) is 32.1 Å². The zero-order chi connectivity index (χ0) is 16.6. The molecule has 0 bridgehead atoms. The monoisotopic (exact) mass is 332 g/mol. The molecule has 0 saturated carbocycles. The minimum absolute atomic E-state index is 0.115. The summed E-state index contributed by atoms with van der Waals surface area (Å²) in [5.74, 6) is -0.393. The summed E-state index contributed by atoms with van der Waals surface area (Å²) in [7, 11) is 0. The molecule has 1 aromatic heterocycles. The van der Waals surface area contributed by atoms with Gasteiger partial charge in [-0.3, -0.25) is 14.9 Å². The molecular formula is C15H16N4O3S. The molecule has 2 aromatic rings. The van der Waals surface area contributed by atoms with Crippen LogP contribution in [0.3, 0.4) is 0 Å². The lowest BCUT2D eigenvalue weighted by atomic mass is 9.97. The Morgan fingerprint density at radius 1 is 1.52 bits per heavy atom. The van der Waals surface area contributed by atoms with Gasteiger partial charge in [0.1, 0.15) is 0 Å². The molecule has 0 saturated heterocycles. The number of nitrogens with zero attached hydrogens (tertiary/aromatic N) is 2. The zero-order valence-corrected chi connectivity index (χ0v) is 13.4. The van der Waals surface area contributed by atoms with E-state index in [2.05, 4.69) is 10.3 Å². The van der Waals surface area contributed by atoms with Crippen LogP contribution in [0.15, 0.2) is 18.2 Å². The molecule has 3 rings (SSSR count). The van der Waals surface area contributed by atoms with Gasteiger partial charge >= 0.3 is 0 Å². The molecule has 1 heterocycles. The number of benzene rings is 1. The largest absolute Gasteiger partial charge is 0.398 e. The number of nitrogens with two attached hydrogens (primary N) is 1. The Kier molecular flexibility index (Phi) is 3.99. The molecule has 0 spiro atoms. The van der Waals surface area contributed by atoms with E-state index in [1.165, 1.54) is 18.2 Å². The fourth-order valence-electron chi connectivity index (χ4n) is 2.77. The van der Waals surface area contributed by atoms with E-state index in [0.717, 1.165) is 34.8 Å². The molecule has 23 heavy (non-hydrogen) atoms. The van der Waals surface area contributed by atoms with E-state index < -0.39 is 10.8 Å². The third-order valence-corrected chi connectivity index (χ3v) is 4.98. The quantitative estimate of drug-likeness (QED) is 0.510. The predicted molar refractivity (Wildman–Crippen MR) is 87.5 cm³/mol. The minimum atomic E-state index is -0.540. The second-order valence-corrected chi connectivity index (χ2v) is 6.73. The van der Waals surface area contributed by atoms with Crippen molar-refractivity contribution in [3.8, 4) is 0 Å². The van der Waals surface area contributed by atoms with Crippen LogP contribution in [0, 0.1) is 17.0 Å². The van der Waals surface area contributed by atoms with E-state index in [-0.39, 0.29) is 23.0 Å². The third-order valence-electron chi connectivity index (χ3n) is 3.86. The Labute approximate surface area is 136 Å². The lowest BCUT2D eigenvalue weighted by Gasteiger charge is -2.22. The minimum Gasteiger partial charge on any atom is -0.398 e. The first-order chi connectivity index (χ1) is 11.0. The van der Waals surface area contributed by atoms with E-state index in [1.54, 1.807) is 11.3 Å². The number of hydrogen-bond acceptors (Lipinski definition) is 6. The number of non-ortho nitro benzene ring substituents is 1. The molecule has 0 fully saturated rings. The van der Waals surface area contributed by atoms with Gasteiger partial charge in [-0.05, 0) is 32.3 Å². The van der Waals surface area contributed by atoms with Crippen molar-refractivity contribution in [2.24, 2.45) is 0 Å². The second kappa shape index (κ2) is 5.96. The van der Waals surface area contributed by atoms with Crippen molar-refractivity contribution in [1.29, 1.82) is 0 Å². The number of nitro benzene ring substituents is 1. The molecule has 0 unspecified atom stereocenters. The number of nitro groups is 1. The average Bonchev–Trinajstić information content (AvgIpc) is 2.88. The summed E-state index contributed by atoms with van der Waals surface area (Å²) in [6, 6.07) is 3.77. The Morgan fingerprint density at radius 3 is 3.04 bits per heavy atom. The van der Waals surface area contributed by atoms with E-state index >= 15 is 0 Å². The summed E-state index contributed by atoms with van der Waals surface area (Å²) in [6.45, 7) is 1.94. The van der Waals surface area contributed by atoms with Crippen molar-refractivity contribution in [1.82, 2.24) is 10.3 Å². The highest BCUT2D eigenvalue weighted by Crippen LogP contribution is 2.34. The maximum absolute atomic E-state index is 12.5. The van der Waals surface area contributed by atoms with Crippen LogP contribution in [-0.4, -0.2) is 15.8 Å². The van der Waals surface area contributed by atoms with Gasteiger partial charge in [0.15, 0.2) is 0 Å². The van der Waals surface area contributed by atoms with Crippen molar-refractivity contribution in [2.75, 3.05) is 5.73 Å². The van der Waals surface area contributed by atoms with Gasteiger partial charge in [0.25, 0.3) is 11.6 Å². The fraction of sp³-hybridized carbons (Fsp3) is 0.333. The number of rotatable bonds is 3. The molecule has 8 heteroatoms. The zero-order valence-electron chi connectivity index (χ0n) is 12.5. The number of nitrogens with one attached hydrogen (secondary N) is 1. The lowest BCUT2D eigenvalue weighted by Crippen LogP contribution is -2.30. The maximum atomic E-state index is 12.5. The van der Waals surface area contributed by atoms with Crippen LogP contribution in [-0.2, 0) is 6.42 Å². The topological polar surface area (TPSA) is 111 Å². The van der Waals surface area contributed by atoms with E-state index in [9.17, 15) is 14.9 Å². The molecule has 0 radical (unpaired) electrons. The SMILES string of the molecule is Cc1nc2c(s1)[C@H](NC(=O)c1cc([N+](=O)[O-])ccc1N)CCC2. The molecular weight excluding hydrogens is 316 g/mol. The van der Waals surface area contributed by atoms with Gasteiger partial charge in [0.2, 0.25) is 0 Å². The number of aromatic nitrogens is 1. The van der Waals surface area contributed by atoms with Crippen molar-refractivity contribution in [2.45, 2.75) is 32.2 Å². The highest BCUT2D eigenvalue weighted by molar-refractivity contribution is 7.11. The van der Waals surface area contributed by atoms with E-state index in [1.807, 2.05) is 6.92 Å². The molecule has 120 valence electrons. The van der Waals surface area contributed by atoms with Gasteiger partial charge in [-0.2, -0.15) is 0 Å². The molecule has 0 aliphatic heterocycles. The van der Waals surface area contributed by atoms with Gasteiger partial charge in [-0.1, -0.05) is 0 Å². The van der Waals surface area contributed by atoms with E-state index in [4.69, 9.17) is 5.73 Å². The summed E-state index contributed by atoms with van der Waals surface area (Å²) in [4.78, 5) is 28.4. The number of nitrogen functional groups attached to an aromatic ring is 1. The molecule has 1 amide bonds. The normalized spacial score (nSPS) is 16.7. The fourth-order valence-corrected chi connectivity index (χ4v) is 3.83. The predicted octanol–water partition coefficient (Wildman–Crippen LogP) is 2.75. The van der Waals surface area contributed by atoms with Gasteiger partial charge in [-0.25, -0.2) is 4.98 Å². The van der Waals surface area contributed by atoms with Gasteiger partial charge in [0, 0.05) is 17.8 Å². The first-order valence-electron chi connectivity index (χ1n) is 7.26. The highest BCUT2D eigenvalue weighted by atomic mass is 32.1. The van der Waals surface area contributed by atoms with Gasteiger partial charge in [-0.15, -0.1) is 11.3 Å². The number of fused-ring (bicyclic) bond motifs is 1. The van der Waals surface area contributed by atoms with Crippen LogP contribution in [0.4, 0.5) is 11.4 Å². The standard InChI is InChI=1S/C15H16N4O3S/c1-8-17-12-3-2-4-13(14(12)23-8)18-15(20)10-7-9(19(21)22)5-6-11(10)16/h5-7,13H,2-4,16H2,1H3,(H,18,20)/t13-/m1/s1. The van der Waals surface area contributed by atoms with Crippen molar-refractivity contribution in [3.05, 3.63) is 49.5 Å². The van der Waals surface area contributed by atoms with Crippen LogP contribution in [0.25, 0.3) is 0 Å². The first-order valence-corrected chi connectivity index (χ1v) is 8.08. The second-order valence-electron chi connectivity index (χ2n) is 5.49. The summed E-state index contributed by atoms with van der Waals surface area (Å²) < 4.78 is 0. The smallest absolute Gasteiger partial charge is 0.270 e. The lowest BCUT2D eigenvalue weighted by molar-refractivity contribution is -0.384. The average molecular weight is 332 g/mol. The van der Waals surface area contributed by atoms with Gasteiger partial charge < -0.3 is 11.1 Å². The molecule has 1 aliphatic carbocycles. The number of hydrogen-bond donors (Lipinski definition) is 2. The van der Waals surface area contributed by atoms with Crippen molar-refractivity contribution >= 4 is 28.6 Å². The van der Waals surface area contributed by atoms with Crippen molar-refractivity contribution in [3.63, 3.8) is 0 Å². The number of carbonyl (C=O) groups is 1. The van der Waals surface area contributed by atoms with Crippen LogP contribution in [0.1, 0.15) is 44.8 Å². The number of anilines is 1. The summed E-state index contributed by atoms with van der Waals surface area (Å²) in [6.07, 6.45) is 2.70. The Bertz CT molecular complexity index is 787. The Hall–Kier alpha value is -2.48. The summed E-state index contributed by atoms with van der Waals surface area (Å²) in [5.41, 5.74) is 7.05. The van der Waals surface area contributed by atoms with Crippen LogP contribution in [0.5, 0.6) is 0 Å². The number of carbonyl (C=O) groups excluding carboxylic acids is 1. The number of amides is 1. The van der Waals surface area contributed by atoms with Crippen LogP contribution >= 0.6 is 11.3 Å². The summed E-state index contributed by atoms with van der Waals surface area (Å²) >= 11 is 1.58. The van der Waals surface area contributed by atoms with Crippen LogP contribution in [0.2, 0.25) is 0 Å². The molecule has 1 aliphatic rings. The van der Waals surface area contributed by atoms with Crippen molar-refractivity contribution < 1.29 is 9.72 Å². The third kappa shape index (κ3) is 3.02. The maximum Gasteiger partial charge on any atom is 0.270 e. The first kappa shape index (κ1) is 15.4. The Balaban J connectivity index is 1.85.